The number of carbonyl (C=O) groups excluding carboxylic acids is 1. The highest BCUT2D eigenvalue weighted by atomic mass is 16.1. The van der Waals surface area contributed by atoms with Gasteiger partial charge in [-0.15, -0.1) is 0 Å². The van der Waals surface area contributed by atoms with Crippen molar-refractivity contribution in [3.05, 3.63) is 65.2 Å². The molecule has 4 N–H and O–H groups in total. The number of hydrogen-bond acceptors (Lipinski definition) is 2. The number of hydrogen-bond donors (Lipinski definition) is 3. The number of nitrogens with zero attached hydrogens (tertiary/aromatic N) is 1. The normalized spacial score (nSPS) is 11.5. The van der Waals surface area contributed by atoms with Gasteiger partial charge in [0.05, 0.1) is 6.54 Å². The summed E-state index contributed by atoms with van der Waals surface area (Å²) in [5.74, 6) is 0.796. The Morgan fingerprint density at radius 2 is 1.89 bits per heavy atom. The van der Waals surface area contributed by atoms with Crippen LogP contribution in [0.4, 0.5) is 5.69 Å². The Morgan fingerprint density at radius 3 is 2.56 bits per heavy atom. The van der Waals surface area contributed by atoms with Gasteiger partial charge in [0.15, 0.2) is 5.96 Å². The van der Waals surface area contributed by atoms with Crippen LogP contribution in [0.15, 0.2) is 53.5 Å². The summed E-state index contributed by atoms with van der Waals surface area (Å²) in [6, 6.07) is 15.6. The first-order valence-electron chi connectivity index (χ1n) is 9.53. The molecule has 0 saturated carbocycles. The zero-order valence-corrected chi connectivity index (χ0v) is 16.5. The molecule has 2 aromatic carbocycles. The zero-order chi connectivity index (χ0) is 19.6. The molecule has 0 unspecified atom stereocenters. The second-order valence-corrected chi connectivity index (χ2v) is 6.91. The van der Waals surface area contributed by atoms with E-state index in [1.54, 1.807) is 0 Å². The third kappa shape index (κ3) is 6.77. The van der Waals surface area contributed by atoms with E-state index in [0.29, 0.717) is 30.5 Å². The van der Waals surface area contributed by atoms with E-state index in [9.17, 15) is 4.79 Å². The second kappa shape index (κ2) is 10.4. The van der Waals surface area contributed by atoms with Crippen LogP contribution in [0.3, 0.4) is 0 Å². The van der Waals surface area contributed by atoms with E-state index in [0.717, 1.165) is 24.1 Å². The lowest BCUT2D eigenvalue weighted by molar-refractivity contribution is 0.0953. The van der Waals surface area contributed by atoms with E-state index in [1.807, 2.05) is 36.4 Å². The standard InChI is InChI=1S/C22H30N4O/c1-4-5-13-24-21(27)18-11-9-17(10-12-18)15-25-22(23)26-20-8-6-7-19(14-20)16(2)3/h6-12,14,16H,4-5,13,15H2,1-3H3,(H,24,27)(H3,23,25,26). The predicted octanol–water partition coefficient (Wildman–Crippen LogP) is 4.27. The molecule has 0 atom stereocenters. The number of rotatable bonds is 8. The molecular formula is C22H30N4O. The van der Waals surface area contributed by atoms with Gasteiger partial charge in [0.1, 0.15) is 0 Å². The minimum absolute atomic E-state index is 0.0373. The van der Waals surface area contributed by atoms with Crippen LogP contribution in [0.2, 0.25) is 0 Å². The molecule has 1 amide bonds. The molecule has 144 valence electrons. The van der Waals surface area contributed by atoms with Crippen molar-refractivity contribution < 1.29 is 4.79 Å². The van der Waals surface area contributed by atoms with Gasteiger partial charge >= 0.3 is 0 Å². The highest BCUT2D eigenvalue weighted by molar-refractivity contribution is 5.94. The number of anilines is 1. The Bertz CT molecular complexity index is 766. The van der Waals surface area contributed by atoms with Crippen LogP contribution in [0.5, 0.6) is 0 Å². The first kappa shape index (κ1) is 20.5. The van der Waals surface area contributed by atoms with E-state index >= 15 is 0 Å². The molecule has 0 aliphatic carbocycles. The van der Waals surface area contributed by atoms with Gasteiger partial charge in [-0.25, -0.2) is 4.99 Å². The van der Waals surface area contributed by atoms with Crippen LogP contribution in [-0.2, 0) is 6.54 Å². The van der Waals surface area contributed by atoms with Crippen molar-refractivity contribution in [3.63, 3.8) is 0 Å². The van der Waals surface area contributed by atoms with Crippen molar-refractivity contribution in [1.29, 1.82) is 0 Å². The molecule has 0 aromatic heterocycles. The number of guanidine groups is 1. The van der Waals surface area contributed by atoms with Crippen molar-refractivity contribution in [1.82, 2.24) is 5.32 Å². The Kier molecular flexibility index (Phi) is 7.86. The van der Waals surface area contributed by atoms with Gasteiger partial charge < -0.3 is 16.4 Å². The highest BCUT2D eigenvalue weighted by Crippen LogP contribution is 2.18. The largest absolute Gasteiger partial charge is 0.370 e. The van der Waals surface area contributed by atoms with Crippen LogP contribution in [0.25, 0.3) is 0 Å². The molecule has 0 fully saturated rings. The summed E-state index contributed by atoms with van der Waals surface area (Å²) in [4.78, 5) is 16.4. The van der Waals surface area contributed by atoms with Crippen LogP contribution >= 0.6 is 0 Å². The Hall–Kier alpha value is -2.82. The summed E-state index contributed by atoms with van der Waals surface area (Å²) in [5.41, 5.74) is 9.85. The van der Waals surface area contributed by atoms with Crippen LogP contribution in [0, 0.1) is 0 Å². The Labute approximate surface area is 162 Å². The van der Waals surface area contributed by atoms with Crippen molar-refractivity contribution in [2.75, 3.05) is 11.9 Å². The highest BCUT2D eigenvalue weighted by Gasteiger charge is 2.05. The number of nitrogens with two attached hydrogens (primary N) is 1. The number of amides is 1. The molecular weight excluding hydrogens is 336 g/mol. The molecule has 0 radical (unpaired) electrons. The third-order valence-corrected chi connectivity index (χ3v) is 4.29. The van der Waals surface area contributed by atoms with Crippen LogP contribution in [-0.4, -0.2) is 18.4 Å². The first-order valence-corrected chi connectivity index (χ1v) is 9.53. The van der Waals surface area contributed by atoms with Gasteiger partial charge in [0.2, 0.25) is 0 Å². The fourth-order valence-electron chi connectivity index (χ4n) is 2.58. The van der Waals surface area contributed by atoms with Gasteiger partial charge in [0, 0.05) is 17.8 Å². The maximum Gasteiger partial charge on any atom is 0.251 e. The van der Waals surface area contributed by atoms with Gasteiger partial charge in [-0.2, -0.15) is 0 Å². The zero-order valence-electron chi connectivity index (χ0n) is 16.5. The molecule has 0 aliphatic rings. The van der Waals surface area contributed by atoms with Gasteiger partial charge in [0.25, 0.3) is 5.91 Å². The lowest BCUT2D eigenvalue weighted by Gasteiger charge is -2.10. The maximum atomic E-state index is 12.0. The SMILES string of the molecule is CCCCNC(=O)c1ccc(CN=C(N)Nc2cccc(C(C)C)c2)cc1. The molecule has 0 heterocycles. The van der Waals surface area contributed by atoms with Crippen LogP contribution < -0.4 is 16.4 Å². The average Bonchev–Trinajstić information content (AvgIpc) is 2.67. The number of aliphatic imine (C=N–C) groups is 1. The van der Waals surface area contributed by atoms with Crippen LogP contribution in [0.1, 0.15) is 61.0 Å². The number of unbranched alkanes of at least 4 members (excludes halogenated alkanes) is 1. The third-order valence-electron chi connectivity index (χ3n) is 4.29. The van der Waals surface area contributed by atoms with Crippen molar-refractivity contribution >= 4 is 17.6 Å². The molecule has 2 aromatic rings. The quantitative estimate of drug-likeness (QED) is 0.371. The summed E-state index contributed by atoms with van der Waals surface area (Å²) in [6.07, 6.45) is 2.05. The van der Waals surface area contributed by atoms with E-state index in [1.165, 1.54) is 5.56 Å². The van der Waals surface area contributed by atoms with E-state index < -0.39 is 0 Å². The lowest BCUT2D eigenvalue weighted by atomic mass is 10.0. The second-order valence-electron chi connectivity index (χ2n) is 6.91. The monoisotopic (exact) mass is 366 g/mol. The van der Waals surface area contributed by atoms with Gasteiger partial charge in [-0.05, 0) is 47.7 Å². The van der Waals surface area contributed by atoms with Crippen molar-refractivity contribution in [2.24, 2.45) is 10.7 Å². The molecule has 0 saturated heterocycles. The summed E-state index contributed by atoms with van der Waals surface area (Å²) in [6.45, 7) is 7.58. The van der Waals surface area contributed by atoms with Gasteiger partial charge in [-0.1, -0.05) is 51.5 Å². The number of carbonyl (C=O) groups is 1. The van der Waals surface area contributed by atoms with Crippen molar-refractivity contribution in [3.8, 4) is 0 Å². The predicted molar refractivity (Wildman–Crippen MR) is 113 cm³/mol. The summed E-state index contributed by atoms with van der Waals surface area (Å²) < 4.78 is 0. The molecule has 5 nitrogen and oxygen atoms in total. The summed E-state index contributed by atoms with van der Waals surface area (Å²) >= 11 is 0. The topological polar surface area (TPSA) is 79.5 Å². The minimum Gasteiger partial charge on any atom is -0.370 e. The van der Waals surface area contributed by atoms with E-state index in [4.69, 9.17) is 5.73 Å². The molecule has 2 rings (SSSR count). The smallest absolute Gasteiger partial charge is 0.251 e. The van der Waals surface area contributed by atoms with E-state index in [2.05, 4.69) is 48.5 Å². The molecule has 0 spiro atoms. The molecule has 5 heteroatoms. The van der Waals surface area contributed by atoms with E-state index in [-0.39, 0.29) is 5.91 Å². The number of nitrogens with one attached hydrogen (secondary N) is 2. The average molecular weight is 367 g/mol. The van der Waals surface area contributed by atoms with Gasteiger partial charge in [-0.3, -0.25) is 4.79 Å². The first-order chi connectivity index (χ1) is 13.0. The lowest BCUT2D eigenvalue weighted by Crippen LogP contribution is -2.24. The number of benzene rings is 2. The Balaban J connectivity index is 1.91. The summed E-state index contributed by atoms with van der Waals surface area (Å²) in [5, 5.41) is 6.04. The molecule has 0 bridgehead atoms. The molecule has 0 aliphatic heterocycles. The summed E-state index contributed by atoms with van der Waals surface area (Å²) in [7, 11) is 0. The van der Waals surface area contributed by atoms with Crippen molar-refractivity contribution in [2.45, 2.75) is 46.1 Å². The maximum absolute atomic E-state index is 12.0. The Morgan fingerprint density at radius 1 is 1.15 bits per heavy atom. The fourth-order valence-corrected chi connectivity index (χ4v) is 2.58. The molecule has 27 heavy (non-hydrogen) atoms. The minimum atomic E-state index is -0.0373. The fraction of sp³-hybridized carbons (Fsp3) is 0.364.